The largest absolute Gasteiger partial charge is 0.444 e. The molecule has 1 aromatic heterocycles. The second kappa shape index (κ2) is 6.29. The molecule has 0 radical (unpaired) electrons. The minimum atomic E-state index is -3.51. The van der Waals surface area contributed by atoms with Crippen molar-refractivity contribution >= 4 is 21.9 Å². The lowest BCUT2D eigenvalue weighted by Crippen LogP contribution is -2.25. The van der Waals surface area contributed by atoms with Crippen LogP contribution in [-0.2, 0) is 19.0 Å². The number of ether oxygens (including phenoxy) is 1. The number of amides is 1. The Balaban J connectivity index is 2.02. The van der Waals surface area contributed by atoms with Crippen molar-refractivity contribution in [1.82, 2.24) is 4.98 Å². The highest BCUT2D eigenvalue weighted by Crippen LogP contribution is 2.24. The smallest absolute Gasteiger partial charge is 0.414 e. The van der Waals surface area contributed by atoms with Crippen molar-refractivity contribution in [2.24, 2.45) is 0 Å². The van der Waals surface area contributed by atoms with Gasteiger partial charge in [-0.2, -0.15) is 13.7 Å². The quantitative estimate of drug-likeness (QED) is 0.741. The van der Waals surface area contributed by atoms with Crippen LogP contribution in [0, 0.1) is 18.3 Å². The van der Waals surface area contributed by atoms with Crippen LogP contribution in [0.5, 0.6) is 0 Å². The third-order valence-electron chi connectivity index (χ3n) is 3.12. The first-order valence-corrected chi connectivity index (χ1v) is 8.31. The Bertz CT molecular complexity index is 726. The van der Waals surface area contributed by atoms with Crippen molar-refractivity contribution < 1.29 is 22.1 Å². The normalized spacial score (nSPS) is 18.1. The molecule has 0 N–H and O–H groups in total. The number of anilines is 1. The molecule has 8 nitrogen and oxygen atoms in total. The van der Waals surface area contributed by atoms with Gasteiger partial charge in [0.05, 0.1) is 42.5 Å². The van der Waals surface area contributed by atoms with Crippen LogP contribution < -0.4 is 4.90 Å². The molecule has 118 valence electrons. The third kappa shape index (κ3) is 3.93. The van der Waals surface area contributed by atoms with Crippen molar-refractivity contribution in [3.63, 3.8) is 0 Å². The summed E-state index contributed by atoms with van der Waals surface area (Å²) in [4.78, 5) is 17.3. The third-order valence-corrected chi connectivity index (χ3v) is 3.71. The van der Waals surface area contributed by atoms with Crippen molar-refractivity contribution in [3.05, 3.63) is 23.5 Å². The Kier molecular flexibility index (Phi) is 4.63. The lowest BCUT2D eigenvalue weighted by atomic mass is 10.2. The van der Waals surface area contributed by atoms with E-state index in [1.54, 1.807) is 13.0 Å². The van der Waals surface area contributed by atoms with E-state index in [9.17, 15) is 13.2 Å². The van der Waals surface area contributed by atoms with Gasteiger partial charge in [0.2, 0.25) is 0 Å². The zero-order valence-electron chi connectivity index (χ0n) is 12.1. The minimum Gasteiger partial charge on any atom is -0.444 e. The summed E-state index contributed by atoms with van der Waals surface area (Å²) in [6, 6.07) is 3.58. The number of aromatic nitrogens is 1. The fourth-order valence-corrected chi connectivity index (χ4v) is 2.40. The summed E-state index contributed by atoms with van der Waals surface area (Å²) in [6.07, 6.45) is 1.69. The van der Waals surface area contributed by atoms with Crippen LogP contribution in [0.25, 0.3) is 0 Å². The van der Waals surface area contributed by atoms with Gasteiger partial charge in [0, 0.05) is 6.42 Å². The van der Waals surface area contributed by atoms with Gasteiger partial charge in [-0.1, -0.05) is 0 Å². The summed E-state index contributed by atoms with van der Waals surface area (Å²) in [6.45, 7) is 1.90. The molecule has 0 aromatic carbocycles. The highest BCUT2D eigenvalue weighted by atomic mass is 32.2. The molecule has 1 atom stereocenters. The lowest BCUT2D eigenvalue weighted by molar-refractivity contribution is 0.126. The molecule has 0 bridgehead atoms. The number of aryl methyl sites for hydroxylation is 1. The first-order valence-electron chi connectivity index (χ1n) is 6.49. The summed E-state index contributed by atoms with van der Waals surface area (Å²) in [5.74, 6) is 0. The minimum absolute atomic E-state index is 0.0553. The molecular weight excluding hydrogens is 310 g/mol. The number of hydrogen-bond acceptors (Lipinski definition) is 7. The van der Waals surface area contributed by atoms with Crippen LogP contribution in [0.15, 0.2) is 12.3 Å². The van der Waals surface area contributed by atoms with Crippen LogP contribution in [0.4, 0.5) is 10.5 Å². The Hall–Kier alpha value is -2.18. The van der Waals surface area contributed by atoms with Gasteiger partial charge in [0.1, 0.15) is 12.2 Å². The van der Waals surface area contributed by atoms with Crippen LogP contribution in [-0.4, -0.2) is 45.0 Å². The molecule has 1 aromatic rings. The number of cyclic esters (lactones) is 1. The van der Waals surface area contributed by atoms with E-state index in [4.69, 9.17) is 10.00 Å². The van der Waals surface area contributed by atoms with E-state index in [0.29, 0.717) is 16.9 Å². The molecule has 1 unspecified atom stereocenters. The number of nitrogens with zero attached hydrogens (tertiary/aromatic N) is 3. The molecule has 1 fully saturated rings. The van der Waals surface area contributed by atoms with Crippen LogP contribution >= 0.6 is 0 Å². The first kappa shape index (κ1) is 16.2. The van der Waals surface area contributed by atoms with E-state index < -0.39 is 22.3 Å². The number of pyridine rings is 1. The summed E-state index contributed by atoms with van der Waals surface area (Å²) >= 11 is 0. The first-order chi connectivity index (χ1) is 10.3. The number of nitriles is 1. The lowest BCUT2D eigenvalue weighted by Gasteiger charge is -2.13. The molecule has 1 aliphatic rings. The SMILES string of the molecule is Cc1ncc(N2CC(CCOS(C)(=O)=O)OC2=O)cc1C#N. The van der Waals surface area contributed by atoms with Crippen molar-refractivity contribution in [2.45, 2.75) is 19.4 Å². The average molecular weight is 325 g/mol. The Labute approximate surface area is 128 Å². The average Bonchev–Trinajstić information content (AvgIpc) is 2.79. The molecule has 0 saturated carbocycles. The van der Waals surface area contributed by atoms with Gasteiger partial charge in [-0.15, -0.1) is 0 Å². The van der Waals surface area contributed by atoms with Gasteiger partial charge in [-0.05, 0) is 13.0 Å². The Morgan fingerprint density at radius 2 is 2.32 bits per heavy atom. The van der Waals surface area contributed by atoms with Crippen molar-refractivity contribution in [1.29, 1.82) is 5.26 Å². The second-order valence-electron chi connectivity index (χ2n) is 4.87. The van der Waals surface area contributed by atoms with Gasteiger partial charge in [0.15, 0.2) is 0 Å². The summed E-state index contributed by atoms with van der Waals surface area (Å²) < 4.78 is 31.5. The number of hydrogen-bond donors (Lipinski definition) is 0. The summed E-state index contributed by atoms with van der Waals surface area (Å²) in [5, 5.41) is 9.00. The van der Waals surface area contributed by atoms with Gasteiger partial charge in [-0.3, -0.25) is 14.1 Å². The van der Waals surface area contributed by atoms with E-state index in [-0.39, 0.29) is 19.6 Å². The maximum Gasteiger partial charge on any atom is 0.414 e. The molecule has 1 amide bonds. The monoisotopic (exact) mass is 325 g/mol. The topological polar surface area (TPSA) is 110 Å². The van der Waals surface area contributed by atoms with Crippen LogP contribution in [0.2, 0.25) is 0 Å². The molecule has 1 aliphatic heterocycles. The zero-order valence-corrected chi connectivity index (χ0v) is 13.0. The fourth-order valence-electron chi connectivity index (χ4n) is 2.00. The summed E-state index contributed by atoms with van der Waals surface area (Å²) in [7, 11) is -3.51. The maximum absolute atomic E-state index is 11.9. The maximum atomic E-state index is 11.9. The standard InChI is InChI=1S/C13H15N3O5S/c1-9-10(6-14)5-11(7-15-9)16-8-12(21-13(16)17)3-4-20-22(2,18)19/h5,7,12H,3-4,8H2,1-2H3. The zero-order chi connectivity index (χ0) is 16.3. The van der Waals surface area contributed by atoms with Crippen LogP contribution in [0.1, 0.15) is 17.7 Å². The molecular formula is C13H15N3O5S. The van der Waals surface area contributed by atoms with Gasteiger partial charge in [-0.25, -0.2) is 4.79 Å². The molecule has 2 rings (SSSR count). The van der Waals surface area contributed by atoms with Crippen molar-refractivity contribution in [2.75, 3.05) is 24.3 Å². The second-order valence-corrected chi connectivity index (χ2v) is 6.51. The van der Waals surface area contributed by atoms with Crippen molar-refractivity contribution in [3.8, 4) is 6.07 Å². The summed E-state index contributed by atoms with van der Waals surface area (Å²) in [5.41, 5.74) is 1.43. The van der Waals surface area contributed by atoms with E-state index >= 15 is 0 Å². The van der Waals surface area contributed by atoms with E-state index in [0.717, 1.165) is 6.26 Å². The number of carbonyl (C=O) groups excluding carboxylic acids is 1. The van der Waals surface area contributed by atoms with E-state index in [2.05, 4.69) is 9.17 Å². The Morgan fingerprint density at radius 1 is 1.59 bits per heavy atom. The highest BCUT2D eigenvalue weighted by Gasteiger charge is 2.32. The molecule has 22 heavy (non-hydrogen) atoms. The van der Waals surface area contributed by atoms with Crippen LogP contribution in [0.3, 0.4) is 0 Å². The van der Waals surface area contributed by atoms with E-state index in [1.807, 2.05) is 6.07 Å². The molecule has 9 heteroatoms. The number of rotatable bonds is 5. The van der Waals surface area contributed by atoms with Gasteiger partial charge in [0.25, 0.3) is 10.1 Å². The predicted molar refractivity (Wildman–Crippen MR) is 76.7 cm³/mol. The predicted octanol–water partition coefficient (Wildman–Crippen LogP) is 0.953. The Morgan fingerprint density at radius 3 is 2.95 bits per heavy atom. The molecule has 2 heterocycles. The van der Waals surface area contributed by atoms with E-state index in [1.165, 1.54) is 11.1 Å². The fraction of sp³-hybridized carbons (Fsp3) is 0.462. The van der Waals surface area contributed by atoms with Gasteiger partial charge >= 0.3 is 6.09 Å². The highest BCUT2D eigenvalue weighted by molar-refractivity contribution is 7.85. The molecule has 0 spiro atoms. The molecule has 0 aliphatic carbocycles. The van der Waals surface area contributed by atoms with Gasteiger partial charge < -0.3 is 4.74 Å². The number of carbonyl (C=O) groups is 1. The molecule has 1 saturated heterocycles.